The van der Waals surface area contributed by atoms with Crippen LogP contribution in [-0.4, -0.2) is 85.6 Å². The van der Waals surface area contributed by atoms with E-state index in [4.69, 9.17) is 0 Å². The van der Waals surface area contributed by atoms with Gasteiger partial charge in [0.1, 0.15) is 0 Å². The van der Waals surface area contributed by atoms with Crippen molar-refractivity contribution in [1.29, 1.82) is 0 Å². The van der Waals surface area contributed by atoms with Crippen molar-refractivity contribution >= 4 is 5.91 Å². The number of hydrogen-bond acceptors (Lipinski definition) is 4. The lowest BCUT2D eigenvalue weighted by molar-refractivity contribution is -0.132. The Hall–Kier alpha value is -0.650. The molecular weight excluding hydrogens is 240 g/mol. The highest BCUT2D eigenvalue weighted by Gasteiger charge is 2.21. The molecule has 2 aliphatic rings. The molecule has 2 aliphatic heterocycles. The van der Waals surface area contributed by atoms with E-state index in [2.05, 4.69) is 29.0 Å². The summed E-state index contributed by atoms with van der Waals surface area (Å²) in [5.74, 6) is 0.327. The van der Waals surface area contributed by atoms with Crippen molar-refractivity contribution in [2.45, 2.75) is 26.3 Å². The van der Waals surface area contributed by atoms with Crippen LogP contribution in [0, 0.1) is 0 Å². The topological polar surface area (TPSA) is 38.8 Å². The van der Waals surface area contributed by atoms with Crippen LogP contribution >= 0.6 is 0 Å². The van der Waals surface area contributed by atoms with Gasteiger partial charge in [-0.25, -0.2) is 0 Å². The first-order valence-corrected chi connectivity index (χ1v) is 7.61. The smallest absolute Gasteiger partial charge is 0.223 e. The molecule has 0 bridgehead atoms. The van der Waals surface area contributed by atoms with Crippen LogP contribution in [0.5, 0.6) is 0 Å². The Kier molecular flexibility index (Phi) is 5.60. The largest absolute Gasteiger partial charge is 0.340 e. The summed E-state index contributed by atoms with van der Waals surface area (Å²) in [6.07, 6.45) is 0.682. The predicted octanol–water partition coefficient (Wildman–Crippen LogP) is -0.166. The van der Waals surface area contributed by atoms with Crippen molar-refractivity contribution < 1.29 is 4.79 Å². The molecule has 2 fully saturated rings. The molecule has 0 unspecified atom stereocenters. The van der Waals surface area contributed by atoms with Crippen LogP contribution < -0.4 is 5.32 Å². The summed E-state index contributed by atoms with van der Waals surface area (Å²) in [4.78, 5) is 19.0. The third-order valence-electron chi connectivity index (χ3n) is 4.25. The van der Waals surface area contributed by atoms with Crippen LogP contribution in [0.25, 0.3) is 0 Å². The number of rotatable bonds is 4. The molecule has 2 saturated heterocycles. The second-order valence-electron chi connectivity index (χ2n) is 5.85. The Labute approximate surface area is 116 Å². The average Bonchev–Trinajstić information content (AvgIpc) is 2.46. The van der Waals surface area contributed by atoms with Gasteiger partial charge in [0, 0.05) is 71.4 Å². The number of amides is 1. The van der Waals surface area contributed by atoms with Gasteiger partial charge in [-0.2, -0.15) is 0 Å². The number of carbonyl (C=O) groups excluding carboxylic acids is 1. The van der Waals surface area contributed by atoms with Gasteiger partial charge in [0.15, 0.2) is 0 Å². The maximum absolute atomic E-state index is 12.1. The summed E-state index contributed by atoms with van der Waals surface area (Å²) in [7, 11) is 0. The maximum atomic E-state index is 12.1. The lowest BCUT2D eigenvalue weighted by atomic mass is 10.2. The van der Waals surface area contributed by atoms with Gasteiger partial charge in [-0.1, -0.05) is 0 Å². The van der Waals surface area contributed by atoms with E-state index in [0.717, 1.165) is 58.9 Å². The summed E-state index contributed by atoms with van der Waals surface area (Å²) < 4.78 is 0. The predicted molar refractivity (Wildman–Crippen MR) is 77.2 cm³/mol. The Bertz CT molecular complexity index is 281. The van der Waals surface area contributed by atoms with Gasteiger partial charge in [0.2, 0.25) is 5.91 Å². The number of piperazine rings is 2. The fourth-order valence-corrected chi connectivity index (χ4v) is 2.83. The normalized spacial score (nSPS) is 23.0. The summed E-state index contributed by atoms with van der Waals surface area (Å²) >= 11 is 0. The van der Waals surface area contributed by atoms with Gasteiger partial charge in [-0.15, -0.1) is 0 Å². The lowest BCUT2D eigenvalue weighted by Crippen LogP contribution is -2.50. The SMILES string of the molecule is CC(C)N1CCN(CCC(=O)N2CCNCC2)CC1. The zero-order valence-electron chi connectivity index (χ0n) is 12.4. The number of hydrogen-bond donors (Lipinski definition) is 1. The summed E-state index contributed by atoms with van der Waals surface area (Å²) in [6, 6.07) is 0.643. The highest BCUT2D eigenvalue weighted by Crippen LogP contribution is 2.07. The van der Waals surface area contributed by atoms with Crippen LogP contribution in [0.4, 0.5) is 0 Å². The number of carbonyl (C=O) groups is 1. The first kappa shape index (κ1) is 14.8. The fourth-order valence-electron chi connectivity index (χ4n) is 2.83. The third kappa shape index (κ3) is 4.44. The Balaban J connectivity index is 1.64. The van der Waals surface area contributed by atoms with Gasteiger partial charge >= 0.3 is 0 Å². The minimum atomic E-state index is 0.327. The van der Waals surface area contributed by atoms with E-state index in [-0.39, 0.29) is 0 Å². The van der Waals surface area contributed by atoms with Crippen molar-refractivity contribution in [3.05, 3.63) is 0 Å². The molecule has 5 heteroatoms. The van der Waals surface area contributed by atoms with E-state index in [1.54, 1.807) is 0 Å². The molecule has 0 aromatic heterocycles. The maximum Gasteiger partial charge on any atom is 0.223 e. The Morgan fingerprint density at radius 3 is 2.26 bits per heavy atom. The van der Waals surface area contributed by atoms with Crippen LogP contribution in [0.1, 0.15) is 20.3 Å². The Morgan fingerprint density at radius 1 is 1.05 bits per heavy atom. The molecule has 2 heterocycles. The van der Waals surface area contributed by atoms with E-state index in [0.29, 0.717) is 18.4 Å². The van der Waals surface area contributed by atoms with E-state index < -0.39 is 0 Å². The molecule has 0 radical (unpaired) electrons. The van der Waals surface area contributed by atoms with Crippen molar-refractivity contribution in [2.24, 2.45) is 0 Å². The summed E-state index contributed by atoms with van der Waals surface area (Å²) in [6.45, 7) is 13.6. The van der Waals surface area contributed by atoms with E-state index in [1.807, 2.05) is 4.90 Å². The zero-order chi connectivity index (χ0) is 13.7. The minimum absolute atomic E-state index is 0.327. The van der Waals surface area contributed by atoms with E-state index in [1.165, 1.54) is 0 Å². The molecule has 2 rings (SSSR count). The number of nitrogens with one attached hydrogen (secondary N) is 1. The van der Waals surface area contributed by atoms with Gasteiger partial charge in [0.05, 0.1) is 0 Å². The molecule has 0 saturated carbocycles. The van der Waals surface area contributed by atoms with Crippen LogP contribution in [0.2, 0.25) is 0 Å². The van der Waals surface area contributed by atoms with Gasteiger partial charge in [-0.05, 0) is 13.8 Å². The van der Waals surface area contributed by atoms with Crippen LogP contribution in [0.3, 0.4) is 0 Å². The molecule has 19 heavy (non-hydrogen) atoms. The van der Waals surface area contributed by atoms with Crippen LogP contribution in [-0.2, 0) is 4.79 Å². The van der Waals surface area contributed by atoms with E-state index >= 15 is 0 Å². The van der Waals surface area contributed by atoms with Crippen molar-refractivity contribution in [1.82, 2.24) is 20.0 Å². The minimum Gasteiger partial charge on any atom is -0.340 e. The monoisotopic (exact) mass is 268 g/mol. The van der Waals surface area contributed by atoms with Gasteiger partial charge < -0.3 is 15.1 Å². The molecule has 5 nitrogen and oxygen atoms in total. The number of nitrogens with zero attached hydrogens (tertiary/aromatic N) is 3. The molecule has 110 valence electrons. The Morgan fingerprint density at radius 2 is 1.68 bits per heavy atom. The second kappa shape index (κ2) is 7.22. The third-order valence-corrected chi connectivity index (χ3v) is 4.25. The molecule has 0 aliphatic carbocycles. The van der Waals surface area contributed by atoms with Crippen LogP contribution in [0.15, 0.2) is 0 Å². The lowest BCUT2D eigenvalue weighted by Gasteiger charge is -2.37. The summed E-state index contributed by atoms with van der Waals surface area (Å²) in [5, 5.41) is 3.28. The zero-order valence-corrected chi connectivity index (χ0v) is 12.4. The summed E-state index contributed by atoms with van der Waals surface area (Å²) in [5.41, 5.74) is 0. The first-order chi connectivity index (χ1) is 9.16. The van der Waals surface area contributed by atoms with Gasteiger partial charge in [0.25, 0.3) is 0 Å². The standard InChI is InChI=1S/C14H28N4O/c1-13(2)17-11-9-16(10-12-17)6-3-14(19)18-7-4-15-5-8-18/h13,15H,3-12H2,1-2H3. The highest BCUT2D eigenvalue weighted by molar-refractivity contribution is 5.76. The first-order valence-electron chi connectivity index (χ1n) is 7.61. The molecule has 0 spiro atoms. The molecular formula is C14H28N4O. The fraction of sp³-hybridized carbons (Fsp3) is 0.929. The molecule has 0 atom stereocenters. The van der Waals surface area contributed by atoms with Crippen molar-refractivity contribution in [3.8, 4) is 0 Å². The van der Waals surface area contributed by atoms with Crippen molar-refractivity contribution in [3.63, 3.8) is 0 Å². The quantitative estimate of drug-likeness (QED) is 0.769. The highest BCUT2D eigenvalue weighted by atomic mass is 16.2. The molecule has 1 amide bonds. The second-order valence-corrected chi connectivity index (χ2v) is 5.85. The van der Waals surface area contributed by atoms with Gasteiger partial charge in [-0.3, -0.25) is 9.69 Å². The average molecular weight is 268 g/mol. The molecule has 0 aromatic carbocycles. The van der Waals surface area contributed by atoms with E-state index in [9.17, 15) is 4.79 Å². The molecule has 1 N–H and O–H groups in total. The van der Waals surface area contributed by atoms with Crippen molar-refractivity contribution in [2.75, 3.05) is 58.9 Å². The molecule has 0 aromatic rings.